The number of nitrogens with one attached hydrogen (secondary N) is 2. The summed E-state index contributed by atoms with van der Waals surface area (Å²) in [6.07, 6.45) is 2.39. The minimum absolute atomic E-state index is 0.0194. The van der Waals surface area contributed by atoms with Gasteiger partial charge in [0.05, 0.1) is 11.5 Å². The molecule has 0 radical (unpaired) electrons. The van der Waals surface area contributed by atoms with E-state index in [1.165, 1.54) is 11.0 Å². The van der Waals surface area contributed by atoms with Crippen LogP contribution in [0.25, 0.3) is 0 Å². The summed E-state index contributed by atoms with van der Waals surface area (Å²) in [4.78, 5) is 26.1. The molecule has 1 aromatic carbocycles. The number of anilines is 1. The maximum absolute atomic E-state index is 12.0. The van der Waals surface area contributed by atoms with Gasteiger partial charge in [0.25, 0.3) is 5.91 Å². The first-order chi connectivity index (χ1) is 11.5. The summed E-state index contributed by atoms with van der Waals surface area (Å²) in [5.74, 6) is -0.731. The zero-order chi connectivity index (χ0) is 17.1. The Hall–Kier alpha value is -3.27. The number of nitrogens with zero attached hydrogens (tertiary/aromatic N) is 5. The summed E-state index contributed by atoms with van der Waals surface area (Å²) >= 11 is 5.92. The molecule has 0 aliphatic rings. The van der Waals surface area contributed by atoms with Crippen LogP contribution in [0, 0.1) is 10.1 Å². The number of hydrogen-bond acceptors (Lipinski definition) is 6. The first-order valence-corrected chi connectivity index (χ1v) is 7.04. The highest BCUT2D eigenvalue weighted by molar-refractivity contribution is 6.30. The highest BCUT2D eigenvalue weighted by Gasteiger charge is 2.23. The van der Waals surface area contributed by atoms with Crippen molar-refractivity contribution in [1.82, 2.24) is 25.0 Å². The molecule has 0 atom stereocenters. The van der Waals surface area contributed by atoms with Crippen LogP contribution in [-0.2, 0) is 6.54 Å². The van der Waals surface area contributed by atoms with Crippen LogP contribution in [0.3, 0.4) is 0 Å². The Morgan fingerprint density at radius 2 is 2.29 bits per heavy atom. The second-order valence-electron chi connectivity index (χ2n) is 4.74. The van der Waals surface area contributed by atoms with E-state index in [-0.39, 0.29) is 11.6 Å². The number of rotatable bonds is 5. The van der Waals surface area contributed by atoms with Crippen LogP contribution in [0.4, 0.5) is 11.6 Å². The molecule has 0 fully saturated rings. The Kier molecular flexibility index (Phi) is 4.20. The van der Waals surface area contributed by atoms with Crippen LogP contribution in [-0.4, -0.2) is 35.8 Å². The molecule has 24 heavy (non-hydrogen) atoms. The molecule has 2 N–H and O–H groups in total. The Morgan fingerprint density at radius 1 is 1.46 bits per heavy atom. The van der Waals surface area contributed by atoms with E-state index in [0.717, 1.165) is 11.8 Å². The Morgan fingerprint density at radius 3 is 3.04 bits per heavy atom. The lowest BCUT2D eigenvalue weighted by atomic mass is 10.2. The fourth-order valence-corrected chi connectivity index (χ4v) is 2.21. The normalized spacial score (nSPS) is 10.5. The van der Waals surface area contributed by atoms with Gasteiger partial charge in [0, 0.05) is 5.02 Å². The fraction of sp³-hybridized carbons (Fsp3) is 0.0769. The molecular weight excluding hydrogens is 338 g/mol. The standard InChI is InChI=1S/C13H10ClN7O3/c14-9-3-1-2-8(4-9)6-20-7-15-13(19-20)17-12(22)11-10(21(23)24)5-16-18-11/h1-5,7H,6H2,(H,16,18)(H,17,19,22). The van der Waals surface area contributed by atoms with Crippen molar-refractivity contribution in [3.8, 4) is 0 Å². The Bertz CT molecular complexity index is 904. The van der Waals surface area contributed by atoms with E-state index in [4.69, 9.17) is 11.6 Å². The molecule has 0 spiro atoms. The van der Waals surface area contributed by atoms with Gasteiger partial charge in [-0.3, -0.25) is 25.3 Å². The molecule has 0 aliphatic carbocycles. The monoisotopic (exact) mass is 347 g/mol. The number of nitro groups is 1. The zero-order valence-electron chi connectivity index (χ0n) is 12.0. The van der Waals surface area contributed by atoms with Gasteiger partial charge in [0.1, 0.15) is 12.5 Å². The number of aromatic amines is 1. The smallest absolute Gasteiger partial charge is 0.288 e. The average Bonchev–Trinajstić information content (AvgIpc) is 3.16. The van der Waals surface area contributed by atoms with Crippen LogP contribution in [0.15, 0.2) is 36.8 Å². The summed E-state index contributed by atoms with van der Waals surface area (Å²) in [5, 5.41) is 23.6. The lowest BCUT2D eigenvalue weighted by Gasteiger charge is -2.01. The van der Waals surface area contributed by atoms with E-state index in [9.17, 15) is 14.9 Å². The molecule has 0 aliphatic heterocycles. The largest absolute Gasteiger partial charge is 0.319 e. The molecule has 3 aromatic rings. The molecule has 3 rings (SSSR count). The summed E-state index contributed by atoms with van der Waals surface area (Å²) in [7, 11) is 0. The quantitative estimate of drug-likeness (QED) is 0.534. The second kappa shape index (κ2) is 6.46. The van der Waals surface area contributed by atoms with Gasteiger partial charge in [-0.05, 0) is 17.7 Å². The number of carbonyl (C=O) groups is 1. The number of halogens is 1. The summed E-state index contributed by atoms with van der Waals surface area (Å²) < 4.78 is 1.50. The zero-order valence-corrected chi connectivity index (χ0v) is 12.8. The maximum Gasteiger partial charge on any atom is 0.319 e. The second-order valence-corrected chi connectivity index (χ2v) is 5.17. The van der Waals surface area contributed by atoms with Gasteiger partial charge in [-0.1, -0.05) is 23.7 Å². The van der Waals surface area contributed by atoms with Crippen molar-refractivity contribution in [2.45, 2.75) is 6.54 Å². The van der Waals surface area contributed by atoms with Gasteiger partial charge in [0.15, 0.2) is 0 Å². The van der Waals surface area contributed by atoms with Crippen molar-refractivity contribution in [1.29, 1.82) is 0 Å². The molecule has 0 saturated heterocycles. The highest BCUT2D eigenvalue weighted by atomic mass is 35.5. The summed E-state index contributed by atoms with van der Waals surface area (Å²) in [6.45, 7) is 0.410. The van der Waals surface area contributed by atoms with Gasteiger partial charge < -0.3 is 0 Å². The minimum Gasteiger partial charge on any atom is -0.288 e. The molecule has 1 amide bonds. The van der Waals surface area contributed by atoms with Crippen molar-refractivity contribution in [2.75, 3.05) is 5.32 Å². The molecule has 122 valence electrons. The van der Waals surface area contributed by atoms with Crippen LogP contribution in [0.2, 0.25) is 5.02 Å². The number of benzene rings is 1. The van der Waals surface area contributed by atoms with Gasteiger partial charge in [-0.2, -0.15) is 5.10 Å². The fourth-order valence-electron chi connectivity index (χ4n) is 2.00. The van der Waals surface area contributed by atoms with Crippen LogP contribution in [0.1, 0.15) is 16.1 Å². The molecule has 0 saturated carbocycles. The van der Waals surface area contributed by atoms with Crippen LogP contribution < -0.4 is 5.32 Å². The molecule has 0 bridgehead atoms. The maximum atomic E-state index is 12.0. The van der Waals surface area contributed by atoms with Crippen LogP contribution in [0.5, 0.6) is 0 Å². The highest BCUT2D eigenvalue weighted by Crippen LogP contribution is 2.16. The Labute approximate surface area is 139 Å². The van der Waals surface area contributed by atoms with E-state index < -0.39 is 16.5 Å². The van der Waals surface area contributed by atoms with Crippen molar-refractivity contribution < 1.29 is 9.72 Å². The SMILES string of the molecule is O=C(Nc1ncn(Cc2cccc(Cl)c2)n1)c1[nH]ncc1[N+](=O)[O-]. The average molecular weight is 348 g/mol. The Balaban J connectivity index is 1.71. The van der Waals surface area contributed by atoms with E-state index in [1.807, 2.05) is 12.1 Å². The summed E-state index contributed by atoms with van der Waals surface area (Å²) in [5.41, 5.74) is 0.214. The minimum atomic E-state index is -0.750. The topological polar surface area (TPSA) is 132 Å². The number of amides is 1. The van der Waals surface area contributed by atoms with E-state index >= 15 is 0 Å². The number of H-pyrrole nitrogens is 1. The van der Waals surface area contributed by atoms with Gasteiger partial charge in [-0.25, -0.2) is 9.67 Å². The molecule has 0 unspecified atom stereocenters. The number of hydrogen-bond donors (Lipinski definition) is 2. The van der Waals surface area contributed by atoms with E-state index in [1.54, 1.807) is 12.1 Å². The predicted molar refractivity (Wildman–Crippen MR) is 83.8 cm³/mol. The molecule has 11 heteroatoms. The number of aromatic nitrogens is 5. The van der Waals surface area contributed by atoms with E-state index in [2.05, 4.69) is 25.6 Å². The first kappa shape index (κ1) is 15.6. The predicted octanol–water partition coefficient (Wildman–Crippen LogP) is 1.86. The lowest BCUT2D eigenvalue weighted by Crippen LogP contribution is -2.15. The van der Waals surface area contributed by atoms with Gasteiger partial charge in [-0.15, -0.1) is 5.10 Å². The third-order valence-corrected chi connectivity index (χ3v) is 3.27. The van der Waals surface area contributed by atoms with Crippen LogP contribution >= 0.6 is 11.6 Å². The van der Waals surface area contributed by atoms with Crippen molar-refractivity contribution in [2.24, 2.45) is 0 Å². The molecular formula is C13H10ClN7O3. The third kappa shape index (κ3) is 3.38. The van der Waals surface area contributed by atoms with Crippen molar-refractivity contribution >= 4 is 29.1 Å². The van der Waals surface area contributed by atoms with Gasteiger partial charge in [0.2, 0.25) is 11.6 Å². The van der Waals surface area contributed by atoms with E-state index in [0.29, 0.717) is 11.6 Å². The van der Waals surface area contributed by atoms with Crippen molar-refractivity contribution in [3.05, 3.63) is 63.2 Å². The van der Waals surface area contributed by atoms with Crippen molar-refractivity contribution in [3.63, 3.8) is 0 Å². The third-order valence-electron chi connectivity index (χ3n) is 3.04. The molecule has 2 heterocycles. The number of carbonyl (C=O) groups excluding carboxylic acids is 1. The molecule has 2 aromatic heterocycles. The lowest BCUT2D eigenvalue weighted by molar-refractivity contribution is -0.385. The molecule has 10 nitrogen and oxygen atoms in total. The first-order valence-electron chi connectivity index (χ1n) is 6.66. The summed E-state index contributed by atoms with van der Waals surface area (Å²) in [6, 6.07) is 7.24. The van der Waals surface area contributed by atoms with Gasteiger partial charge >= 0.3 is 5.69 Å².